The number of rotatable bonds is 5. The first-order chi connectivity index (χ1) is 13.0. The van der Waals surface area contributed by atoms with E-state index in [0.29, 0.717) is 22.4 Å². The Hall–Kier alpha value is -2.77. The summed E-state index contributed by atoms with van der Waals surface area (Å²) in [7, 11) is 3.60. The van der Waals surface area contributed by atoms with Crippen molar-refractivity contribution in [3.05, 3.63) is 59.0 Å². The molecule has 7 heteroatoms. The minimum Gasteiger partial charge on any atom is -0.504 e. The number of ether oxygens (including phenoxy) is 1. The Labute approximate surface area is 162 Å². The summed E-state index contributed by atoms with van der Waals surface area (Å²) in [6, 6.07) is 14.5. The number of hydrogen-bond donors (Lipinski definition) is 1. The molecule has 0 unspecified atom stereocenters. The number of carbonyl (C=O) groups is 1. The fraction of sp³-hybridized carbons (Fsp3) is 0.200. The van der Waals surface area contributed by atoms with Crippen molar-refractivity contribution in [1.82, 2.24) is 10.0 Å². The summed E-state index contributed by atoms with van der Waals surface area (Å²) >= 11 is 1.31. The number of aliphatic imine (C=N–C) groups is 1. The average Bonchev–Trinajstić information content (AvgIpc) is 2.94. The van der Waals surface area contributed by atoms with E-state index in [1.54, 1.807) is 43.4 Å². The lowest BCUT2D eigenvalue weighted by Crippen LogP contribution is -2.40. The van der Waals surface area contributed by atoms with Gasteiger partial charge < -0.3 is 9.84 Å². The first-order valence-corrected chi connectivity index (χ1v) is 9.32. The van der Waals surface area contributed by atoms with Crippen molar-refractivity contribution in [3.8, 4) is 11.5 Å². The number of phenols is 1. The van der Waals surface area contributed by atoms with Gasteiger partial charge in [0, 0.05) is 14.1 Å². The predicted octanol–water partition coefficient (Wildman–Crippen LogP) is 3.87. The molecule has 1 heterocycles. The molecule has 1 amide bonds. The molecule has 27 heavy (non-hydrogen) atoms. The number of amidine groups is 1. The van der Waals surface area contributed by atoms with Gasteiger partial charge >= 0.3 is 0 Å². The number of hydrogen-bond acceptors (Lipinski definition) is 6. The molecular formula is C20H21N3O3S. The minimum atomic E-state index is -0.147. The van der Waals surface area contributed by atoms with Gasteiger partial charge in [0.05, 0.1) is 17.2 Å². The Morgan fingerprint density at radius 2 is 1.96 bits per heavy atom. The fourth-order valence-corrected chi connectivity index (χ4v) is 3.60. The molecule has 2 aromatic carbocycles. The van der Waals surface area contributed by atoms with E-state index in [4.69, 9.17) is 4.74 Å². The van der Waals surface area contributed by atoms with E-state index in [1.165, 1.54) is 16.8 Å². The van der Waals surface area contributed by atoms with Crippen LogP contribution in [0.4, 0.5) is 5.69 Å². The molecule has 0 bridgehead atoms. The largest absolute Gasteiger partial charge is 0.504 e. The summed E-state index contributed by atoms with van der Waals surface area (Å²) in [6.07, 6.45) is 1.78. The molecule has 0 radical (unpaired) electrons. The summed E-state index contributed by atoms with van der Waals surface area (Å²) in [5.41, 5.74) is 1.55. The maximum atomic E-state index is 12.9. The fourth-order valence-electron chi connectivity index (χ4n) is 2.55. The standard InChI is InChI=1S/C20H21N3O3S/c1-4-26-17-12-14(10-11-16(17)24)13-18-19(25)23(22(2)3)20(27-18)21-15-8-6-5-7-9-15/h5-13,24H,4H2,1-3H3/b18-13+,21-20?. The normalized spacial score (nSPS) is 17.3. The third-order valence-corrected chi connectivity index (χ3v) is 4.71. The van der Waals surface area contributed by atoms with Gasteiger partial charge in [0.15, 0.2) is 16.7 Å². The summed E-state index contributed by atoms with van der Waals surface area (Å²) < 4.78 is 5.41. The number of para-hydroxylation sites is 1. The van der Waals surface area contributed by atoms with Crippen LogP contribution >= 0.6 is 11.8 Å². The van der Waals surface area contributed by atoms with Crippen LogP contribution in [0.3, 0.4) is 0 Å². The van der Waals surface area contributed by atoms with Crippen LogP contribution in [-0.2, 0) is 4.79 Å². The van der Waals surface area contributed by atoms with Crippen LogP contribution in [0.25, 0.3) is 6.08 Å². The molecule has 1 aliphatic rings. The second-order valence-corrected chi connectivity index (χ2v) is 6.97. The van der Waals surface area contributed by atoms with Crippen molar-refractivity contribution in [3.63, 3.8) is 0 Å². The van der Waals surface area contributed by atoms with Gasteiger partial charge in [-0.1, -0.05) is 24.3 Å². The van der Waals surface area contributed by atoms with Gasteiger partial charge in [-0.25, -0.2) is 15.0 Å². The van der Waals surface area contributed by atoms with Gasteiger partial charge in [-0.05, 0) is 54.6 Å². The van der Waals surface area contributed by atoms with Gasteiger partial charge in [0.1, 0.15) is 0 Å². The highest BCUT2D eigenvalue weighted by Gasteiger charge is 2.35. The van der Waals surface area contributed by atoms with Crippen molar-refractivity contribution in [2.45, 2.75) is 6.92 Å². The molecule has 0 spiro atoms. The Kier molecular flexibility index (Phi) is 5.83. The second kappa shape index (κ2) is 8.28. The molecule has 6 nitrogen and oxygen atoms in total. The van der Waals surface area contributed by atoms with E-state index >= 15 is 0 Å². The Balaban J connectivity index is 1.95. The van der Waals surface area contributed by atoms with Crippen LogP contribution < -0.4 is 4.74 Å². The van der Waals surface area contributed by atoms with E-state index in [1.807, 2.05) is 37.3 Å². The van der Waals surface area contributed by atoms with Gasteiger partial charge in [-0.2, -0.15) is 0 Å². The molecule has 1 aliphatic heterocycles. The quantitative estimate of drug-likeness (QED) is 0.794. The molecule has 140 valence electrons. The number of aromatic hydroxyl groups is 1. The van der Waals surface area contributed by atoms with Crippen LogP contribution in [0.5, 0.6) is 11.5 Å². The highest BCUT2D eigenvalue weighted by atomic mass is 32.2. The van der Waals surface area contributed by atoms with E-state index < -0.39 is 0 Å². The molecular weight excluding hydrogens is 362 g/mol. The van der Waals surface area contributed by atoms with Crippen molar-refractivity contribution in [2.24, 2.45) is 4.99 Å². The lowest BCUT2D eigenvalue weighted by atomic mass is 10.2. The molecule has 0 aliphatic carbocycles. The van der Waals surface area contributed by atoms with Crippen molar-refractivity contribution in [1.29, 1.82) is 0 Å². The minimum absolute atomic E-state index is 0.0747. The first kappa shape index (κ1) is 19.0. The van der Waals surface area contributed by atoms with Gasteiger partial charge in [-0.3, -0.25) is 4.79 Å². The maximum absolute atomic E-state index is 12.9. The highest BCUT2D eigenvalue weighted by Crippen LogP contribution is 2.35. The van der Waals surface area contributed by atoms with Crippen LogP contribution in [0.1, 0.15) is 12.5 Å². The van der Waals surface area contributed by atoms with E-state index in [-0.39, 0.29) is 11.7 Å². The van der Waals surface area contributed by atoms with Crippen LogP contribution in [0.2, 0.25) is 0 Å². The summed E-state index contributed by atoms with van der Waals surface area (Å²) in [5, 5.41) is 13.7. The smallest absolute Gasteiger partial charge is 0.281 e. The Bertz CT molecular complexity index is 895. The Morgan fingerprint density at radius 3 is 2.63 bits per heavy atom. The molecule has 3 rings (SSSR count). The first-order valence-electron chi connectivity index (χ1n) is 8.50. The number of benzene rings is 2. The van der Waals surface area contributed by atoms with Crippen molar-refractivity contribution >= 4 is 34.6 Å². The molecule has 0 aromatic heterocycles. The third kappa shape index (κ3) is 4.32. The maximum Gasteiger partial charge on any atom is 0.281 e. The van der Waals surface area contributed by atoms with Crippen molar-refractivity contribution < 1.29 is 14.6 Å². The lowest BCUT2D eigenvalue weighted by Gasteiger charge is -2.22. The number of hydrazine groups is 1. The number of phenolic OH excluding ortho intramolecular Hbond substituents is 1. The molecule has 0 saturated carbocycles. The van der Waals surface area contributed by atoms with Crippen LogP contribution in [-0.4, -0.2) is 46.9 Å². The summed E-state index contributed by atoms with van der Waals surface area (Å²) in [4.78, 5) is 18.0. The van der Waals surface area contributed by atoms with E-state index in [9.17, 15) is 9.90 Å². The zero-order valence-corrected chi connectivity index (χ0v) is 16.2. The Morgan fingerprint density at radius 1 is 1.22 bits per heavy atom. The topological polar surface area (TPSA) is 65.4 Å². The zero-order valence-electron chi connectivity index (χ0n) is 15.4. The predicted molar refractivity (Wildman–Crippen MR) is 109 cm³/mol. The summed E-state index contributed by atoms with van der Waals surface area (Å²) in [5.74, 6) is 0.321. The SMILES string of the molecule is CCOc1cc(/C=C2/SC(=Nc3ccccc3)N(N(C)C)C2=O)ccc1O. The highest BCUT2D eigenvalue weighted by molar-refractivity contribution is 8.18. The van der Waals surface area contributed by atoms with Gasteiger partial charge in [0.2, 0.25) is 0 Å². The van der Waals surface area contributed by atoms with E-state index in [0.717, 1.165) is 11.3 Å². The lowest BCUT2D eigenvalue weighted by molar-refractivity contribution is -0.130. The monoisotopic (exact) mass is 383 g/mol. The van der Waals surface area contributed by atoms with Gasteiger partial charge in [0.25, 0.3) is 5.91 Å². The molecule has 1 saturated heterocycles. The number of nitrogens with zero attached hydrogens (tertiary/aromatic N) is 3. The van der Waals surface area contributed by atoms with Gasteiger partial charge in [-0.15, -0.1) is 0 Å². The number of amides is 1. The second-order valence-electron chi connectivity index (χ2n) is 5.96. The van der Waals surface area contributed by atoms with Crippen LogP contribution in [0.15, 0.2) is 58.4 Å². The van der Waals surface area contributed by atoms with Crippen LogP contribution in [0, 0.1) is 0 Å². The third-order valence-electron chi connectivity index (χ3n) is 3.75. The molecule has 2 aromatic rings. The average molecular weight is 383 g/mol. The molecule has 1 N–H and O–H groups in total. The molecule has 0 atom stereocenters. The molecule has 1 fully saturated rings. The number of thioether (sulfide) groups is 1. The number of carbonyl (C=O) groups excluding carboxylic acids is 1. The van der Waals surface area contributed by atoms with E-state index in [2.05, 4.69) is 4.99 Å². The zero-order chi connectivity index (χ0) is 19.4. The van der Waals surface area contributed by atoms with Crippen molar-refractivity contribution in [2.75, 3.05) is 20.7 Å². The summed E-state index contributed by atoms with van der Waals surface area (Å²) in [6.45, 7) is 2.30.